The predicted molar refractivity (Wildman–Crippen MR) is 81.5 cm³/mol. The van der Waals surface area contributed by atoms with Crippen LogP contribution in [0.15, 0.2) is 18.5 Å². The van der Waals surface area contributed by atoms with E-state index in [1.807, 2.05) is 12.4 Å². The molecule has 1 fully saturated rings. The molecule has 0 unspecified atom stereocenters. The van der Waals surface area contributed by atoms with E-state index in [9.17, 15) is 0 Å². The first kappa shape index (κ1) is 14.3. The first-order valence-corrected chi connectivity index (χ1v) is 7.57. The van der Waals surface area contributed by atoms with Crippen molar-refractivity contribution in [1.82, 2.24) is 10.3 Å². The van der Waals surface area contributed by atoms with Gasteiger partial charge in [-0.1, -0.05) is 27.2 Å². The maximum Gasteiger partial charge on any atom is 0.0442 e. The minimum atomic E-state index is 0.547. The van der Waals surface area contributed by atoms with Gasteiger partial charge < -0.3 is 10.2 Å². The second-order valence-electron chi connectivity index (χ2n) is 5.94. The Morgan fingerprint density at radius 2 is 2.05 bits per heavy atom. The summed E-state index contributed by atoms with van der Waals surface area (Å²) in [5, 5.41) is 3.40. The van der Waals surface area contributed by atoms with Crippen LogP contribution >= 0.6 is 0 Å². The fourth-order valence-electron chi connectivity index (χ4n) is 2.77. The molecule has 0 aromatic carbocycles. The van der Waals surface area contributed by atoms with Crippen LogP contribution in [0.5, 0.6) is 0 Å². The summed E-state index contributed by atoms with van der Waals surface area (Å²) >= 11 is 0. The summed E-state index contributed by atoms with van der Waals surface area (Å²) in [6.45, 7) is 11.2. The monoisotopic (exact) mass is 261 g/mol. The molecular formula is C16H27N3. The zero-order valence-corrected chi connectivity index (χ0v) is 12.6. The SMILES string of the molecule is CCNCc1cnccc1N1CCC(C)(CC)CC1. The lowest BCUT2D eigenvalue weighted by Gasteiger charge is -2.40. The summed E-state index contributed by atoms with van der Waals surface area (Å²) < 4.78 is 0. The number of pyridine rings is 1. The minimum Gasteiger partial charge on any atom is -0.371 e. The number of nitrogens with one attached hydrogen (secondary N) is 1. The molecule has 1 aromatic heterocycles. The summed E-state index contributed by atoms with van der Waals surface area (Å²) in [5.74, 6) is 0. The quantitative estimate of drug-likeness (QED) is 0.882. The Labute approximate surface area is 117 Å². The van der Waals surface area contributed by atoms with Crippen LogP contribution in [0.3, 0.4) is 0 Å². The summed E-state index contributed by atoms with van der Waals surface area (Å²) in [5.41, 5.74) is 3.24. The number of aromatic nitrogens is 1. The van der Waals surface area contributed by atoms with Gasteiger partial charge in [-0.05, 0) is 30.9 Å². The van der Waals surface area contributed by atoms with Gasteiger partial charge in [0.1, 0.15) is 0 Å². The third-order valence-electron chi connectivity index (χ3n) is 4.61. The molecule has 0 bridgehead atoms. The molecule has 1 saturated heterocycles. The molecular weight excluding hydrogens is 234 g/mol. The van der Waals surface area contributed by atoms with E-state index in [0.29, 0.717) is 5.41 Å². The normalized spacial score (nSPS) is 18.6. The third-order valence-corrected chi connectivity index (χ3v) is 4.61. The van der Waals surface area contributed by atoms with Gasteiger partial charge in [0.2, 0.25) is 0 Å². The van der Waals surface area contributed by atoms with E-state index in [0.717, 1.165) is 13.1 Å². The molecule has 3 heteroatoms. The van der Waals surface area contributed by atoms with Gasteiger partial charge in [-0.15, -0.1) is 0 Å². The second-order valence-corrected chi connectivity index (χ2v) is 5.94. The van der Waals surface area contributed by atoms with Crippen molar-refractivity contribution in [1.29, 1.82) is 0 Å². The molecule has 0 aliphatic carbocycles. The van der Waals surface area contributed by atoms with Gasteiger partial charge in [0, 0.05) is 43.3 Å². The van der Waals surface area contributed by atoms with Gasteiger partial charge in [-0.25, -0.2) is 0 Å². The van der Waals surface area contributed by atoms with Crippen LogP contribution in [0.25, 0.3) is 0 Å². The summed E-state index contributed by atoms with van der Waals surface area (Å²) in [6.07, 6.45) is 7.81. The average molecular weight is 261 g/mol. The molecule has 3 nitrogen and oxygen atoms in total. The van der Waals surface area contributed by atoms with Gasteiger partial charge in [0.25, 0.3) is 0 Å². The zero-order valence-electron chi connectivity index (χ0n) is 12.6. The van der Waals surface area contributed by atoms with Crippen molar-refractivity contribution >= 4 is 5.69 Å². The predicted octanol–water partition coefficient (Wildman–Crippen LogP) is 3.21. The van der Waals surface area contributed by atoms with Crippen LogP contribution < -0.4 is 10.2 Å². The molecule has 0 radical (unpaired) electrons. The molecule has 0 spiro atoms. The number of nitrogens with zero attached hydrogens (tertiary/aromatic N) is 2. The highest BCUT2D eigenvalue weighted by Gasteiger charge is 2.28. The highest BCUT2D eigenvalue weighted by atomic mass is 15.1. The van der Waals surface area contributed by atoms with E-state index in [4.69, 9.17) is 0 Å². The standard InChI is InChI=1S/C16H27N3/c1-4-16(3)7-10-19(11-8-16)15-6-9-18-13-14(15)12-17-5-2/h6,9,13,17H,4-5,7-8,10-12H2,1-3H3. The molecule has 0 amide bonds. The molecule has 2 rings (SSSR count). The molecule has 1 N–H and O–H groups in total. The van der Waals surface area contributed by atoms with Crippen molar-refractivity contribution in [3.8, 4) is 0 Å². The summed E-state index contributed by atoms with van der Waals surface area (Å²) in [4.78, 5) is 6.80. The molecule has 19 heavy (non-hydrogen) atoms. The molecule has 1 aliphatic rings. The number of hydrogen-bond donors (Lipinski definition) is 1. The Balaban J connectivity index is 2.06. The van der Waals surface area contributed by atoms with E-state index in [2.05, 4.69) is 42.0 Å². The van der Waals surface area contributed by atoms with Crippen molar-refractivity contribution in [2.45, 2.75) is 46.6 Å². The minimum absolute atomic E-state index is 0.547. The third kappa shape index (κ3) is 3.47. The van der Waals surface area contributed by atoms with E-state index in [1.54, 1.807) is 0 Å². The first-order valence-electron chi connectivity index (χ1n) is 7.57. The van der Waals surface area contributed by atoms with Crippen molar-refractivity contribution in [2.75, 3.05) is 24.5 Å². The lowest BCUT2D eigenvalue weighted by molar-refractivity contribution is 0.238. The number of hydrogen-bond acceptors (Lipinski definition) is 3. The lowest BCUT2D eigenvalue weighted by Crippen LogP contribution is -2.39. The molecule has 0 atom stereocenters. The van der Waals surface area contributed by atoms with Crippen LogP contribution in [0.1, 0.15) is 45.6 Å². The van der Waals surface area contributed by atoms with Crippen molar-refractivity contribution in [3.63, 3.8) is 0 Å². The number of piperidine rings is 1. The molecule has 0 saturated carbocycles. The fourth-order valence-corrected chi connectivity index (χ4v) is 2.77. The van der Waals surface area contributed by atoms with Gasteiger partial charge in [0.05, 0.1) is 0 Å². The maximum atomic E-state index is 4.27. The number of anilines is 1. The van der Waals surface area contributed by atoms with Crippen LogP contribution in [0.2, 0.25) is 0 Å². The first-order chi connectivity index (χ1) is 9.18. The maximum absolute atomic E-state index is 4.27. The van der Waals surface area contributed by atoms with Crippen LogP contribution in [0, 0.1) is 5.41 Å². The molecule has 1 aliphatic heterocycles. The van der Waals surface area contributed by atoms with Gasteiger partial charge >= 0.3 is 0 Å². The van der Waals surface area contributed by atoms with Crippen molar-refractivity contribution in [3.05, 3.63) is 24.0 Å². The Morgan fingerprint density at radius 1 is 1.32 bits per heavy atom. The fraction of sp³-hybridized carbons (Fsp3) is 0.688. The van der Waals surface area contributed by atoms with E-state index >= 15 is 0 Å². The van der Waals surface area contributed by atoms with E-state index in [1.165, 1.54) is 43.6 Å². The smallest absolute Gasteiger partial charge is 0.0442 e. The van der Waals surface area contributed by atoms with Crippen molar-refractivity contribution in [2.24, 2.45) is 5.41 Å². The highest BCUT2D eigenvalue weighted by Crippen LogP contribution is 2.36. The van der Waals surface area contributed by atoms with Gasteiger partial charge in [0.15, 0.2) is 0 Å². The van der Waals surface area contributed by atoms with Crippen LogP contribution in [0.4, 0.5) is 5.69 Å². The molecule has 2 heterocycles. The van der Waals surface area contributed by atoms with Crippen molar-refractivity contribution < 1.29 is 0 Å². The molecule has 1 aromatic rings. The number of rotatable bonds is 5. The summed E-state index contributed by atoms with van der Waals surface area (Å²) in [6, 6.07) is 2.17. The average Bonchev–Trinajstić information content (AvgIpc) is 2.46. The lowest BCUT2D eigenvalue weighted by atomic mass is 9.78. The topological polar surface area (TPSA) is 28.2 Å². The highest BCUT2D eigenvalue weighted by molar-refractivity contribution is 5.52. The summed E-state index contributed by atoms with van der Waals surface area (Å²) in [7, 11) is 0. The van der Waals surface area contributed by atoms with E-state index in [-0.39, 0.29) is 0 Å². The van der Waals surface area contributed by atoms with Gasteiger partial charge in [-0.3, -0.25) is 4.98 Å². The Morgan fingerprint density at radius 3 is 2.68 bits per heavy atom. The Kier molecular flexibility index (Phi) is 4.81. The largest absolute Gasteiger partial charge is 0.371 e. The Hall–Kier alpha value is -1.09. The van der Waals surface area contributed by atoms with Crippen LogP contribution in [-0.2, 0) is 6.54 Å². The second kappa shape index (κ2) is 6.38. The van der Waals surface area contributed by atoms with Crippen LogP contribution in [-0.4, -0.2) is 24.6 Å². The van der Waals surface area contributed by atoms with Gasteiger partial charge in [-0.2, -0.15) is 0 Å². The Bertz CT molecular complexity index is 395. The van der Waals surface area contributed by atoms with E-state index < -0.39 is 0 Å². The molecule has 106 valence electrons. The zero-order chi connectivity index (χ0) is 13.7.